The number of aromatic hydroxyl groups is 1. The fourth-order valence-corrected chi connectivity index (χ4v) is 1.43. The zero-order valence-electron chi connectivity index (χ0n) is 7.52. The third-order valence-electron chi connectivity index (χ3n) is 1.75. The van der Waals surface area contributed by atoms with Crippen LogP contribution in [0.4, 0.5) is 8.78 Å². The highest BCUT2D eigenvalue weighted by Gasteiger charge is 2.32. The Morgan fingerprint density at radius 2 is 2.14 bits per heavy atom. The molecule has 0 bridgehead atoms. The smallest absolute Gasteiger partial charge is 0.286 e. The van der Waals surface area contributed by atoms with Crippen molar-refractivity contribution in [3.8, 4) is 5.75 Å². The molecule has 1 aromatic rings. The molecule has 0 amide bonds. The van der Waals surface area contributed by atoms with Crippen molar-refractivity contribution in [3.05, 3.63) is 28.8 Å². The molecule has 1 aromatic carbocycles. The maximum Gasteiger partial charge on any atom is 0.286 e. The summed E-state index contributed by atoms with van der Waals surface area (Å²) < 4.78 is 26.6. The van der Waals surface area contributed by atoms with Gasteiger partial charge in [-0.25, -0.2) is 0 Å². The van der Waals surface area contributed by atoms with Gasteiger partial charge >= 0.3 is 0 Å². The number of phenols is 1. The summed E-state index contributed by atoms with van der Waals surface area (Å²) in [6.07, 6.45) is 0. The standard InChI is InChI=1S/C9H10ClF2NO/c1-13-5-9(11,12)7-3-2-6(14)4-8(7)10/h2-4,13-14H,5H2,1H3. The second-order valence-electron chi connectivity index (χ2n) is 2.90. The summed E-state index contributed by atoms with van der Waals surface area (Å²) in [5, 5.41) is 11.2. The van der Waals surface area contributed by atoms with Crippen LogP contribution in [0.1, 0.15) is 5.56 Å². The van der Waals surface area contributed by atoms with Gasteiger partial charge < -0.3 is 10.4 Å². The number of hydrogen-bond acceptors (Lipinski definition) is 2. The van der Waals surface area contributed by atoms with E-state index < -0.39 is 12.5 Å². The minimum atomic E-state index is -3.03. The number of likely N-dealkylation sites (N-methyl/N-ethyl adjacent to an activating group) is 1. The molecule has 0 atom stereocenters. The number of alkyl halides is 2. The predicted molar refractivity (Wildman–Crippen MR) is 50.9 cm³/mol. The van der Waals surface area contributed by atoms with E-state index in [1.54, 1.807) is 0 Å². The number of phenolic OH excluding ortho intramolecular Hbond substituents is 1. The topological polar surface area (TPSA) is 32.3 Å². The van der Waals surface area contributed by atoms with Gasteiger partial charge in [-0.05, 0) is 25.2 Å². The average Bonchev–Trinajstić information content (AvgIpc) is 2.02. The van der Waals surface area contributed by atoms with Crippen LogP contribution in [-0.2, 0) is 5.92 Å². The summed E-state index contributed by atoms with van der Waals surface area (Å²) in [5.41, 5.74) is -0.286. The van der Waals surface area contributed by atoms with E-state index in [0.29, 0.717) is 0 Å². The van der Waals surface area contributed by atoms with Gasteiger partial charge in [-0.15, -0.1) is 0 Å². The fraction of sp³-hybridized carbons (Fsp3) is 0.333. The SMILES string of the molecule is CNCC(F)(F)c1ccc(O)cc1Cl. The van der Waals surface area contributed by atoms with Crippen molar-refractivity contribution in [2.45, 2.75) is 5.92 Å². The Bertz CT molecular complexity index is 331. The maximum absolute atomic E-state index is 13.3. The number of rotatable bonds is 3. The molecule has 0 fully saturated rings. The summed E-state index contributed by atoms with van der Waals surface area (Å²) in [6.45, 7) is -0.489. The van der Waals surface area contributed by atoms with Crippen LogP contribution in [0.3, 0.4) is 0 Å². The molecular formula is C9H10ClF2NO. The van der Waals surface area contributed by atoms with E-state index >= 15 is 0 Å². The molecule has 78 valence electrons. The lowest BCUT2D eigenvalue weighted by Gasteiger charge is -2.17. The number of hydrogen-bond donors (Lipinski definition) is 2. The normalized spacial score (nSPS) is 11.7. The van der Waals surface area contributed by atoms with Gasteiger partial charge in [0.25, 0.3) is 5.92 Å². The second kappa shape index (κ2) is 4.11. The highest BCUT2D eigenvalue weighted by atomic mass is 35.5. The molecule has 0 saturated heterocycles. The number of benzene rings is 1. The molecule has 0 aliphatic rings. The van der Waals surface area contributed by atoms with E-state index in [1.165, 1.54) is 13.1 Å². The summed E-state index contributed by atoms with van der Waals surface area (Å²) in [6, 6.07) is 3.40. The van der Waals surface area contributed by atoms with Crippen molar-refractivity contribution in [1.29, 1.82) is 0 Å². The highest BCUT2D eigenvalue weighted by Crippen LogP contribution is 2.34. The van der Waals surface area contributed by atoms with Crippen LogP contribution in [0.15, 0.2) is 18.2 Å². The summed E-state index contributed by atoms with van der Waals surface area (Å²) in [4.78, 5) is 0. The van der Waals surface area contributed by atoms with Crippen LogP contribution in [0.25, 0.3) is 0 Å². The molecular weight excluding hydrogens is 212 g/mol. The van der Waals surface area contributed by atoms with Crippen LogP contribution in [0.5, 0.6) is 5.75 Å². The van der Waals surface area contributed by atoms with Crippen LogP contribution >= 0.6 is 11.6 Å². The van der Waals surface area contributed by atoms with Crippen molar-refractivity contribution in [1.82, 2.24) is 5.32 Å². The Morgan fingerprint density at radius 3 is 2.64 bits per heavy atom. The third-order valence-corrected chi connectivity index (χ3v) is 2.06. The number of nitrogens with one attached hydrogen (secondary N) is 1. The lowest BCUT2D eigenvalue weighted by Crippen LogP contribution is -2.28. The average molecular weight is 222 g/mol. The van der Waals surface area contributed by atoms with Crippen LogP contribution in [0.2, 0.25) is 5.02 Å². The molecule has 0 heterocycles. The molecule has 0 saturated carbocycles. The van der Waals surface area contributed by atoms with E-state index in [-0.39, 0.29) is 16.3 Å². The van der Waals surface area contributed by atoms with Gasteiger partial charge in [-0.2, -0.15) is 8.78 Å². The van der Waals surface area contributed by atoms with E-state index in [1.807, 2.05) is 0 Å². The van der Waals surface area contributed by atoms with Crippen LogP contribution < -0.4 is 5.32 Å². The molecule has 1 rings (SSSR count). The first kappa shape index (κ1) is 11.2. The largest absolute Gasteiger partial charge is 0.508 e. The van der Waals surface area contributed by atoms with Crippen molar-refractivity contribution in [2.24, 2.45) is 0 Å². The third kappa shape index (κ3) is 2.33. The second-order valence-corrected chi connectivity index (χ2v) is 3.31. The lowest BCUT2D eigenvalue weighted by molar-refractivity contribution is -0.00116. The van der Waals surface area contributed by atoms with E-state index in [0.717, 1.165) is 12.1 Å². The van der Waals surface area contributed by atoms with E-state index in [4.69, 9.17) is 16.7 Å². The molecule has 0 spiro atoms. The van der Waals surface area contributed by atoms with Gasteiger partial charge in [0, 0.05) is 5.56 Å². The van der Waals surface area contributed by atoms with Crippen LogP contribution in [-0.4, -0.2) is 18.7 Å². The van der Waals surface area contributed by atoms with Gasteiger partial charge in [0.1, 0.15) is 5.75 Å². The minimum absolute atomic E-state index is 0.126. The van der Waals surface area contributed by atoms with Crippen LogP contribution in [0, 0.1) is 0 Å². The predicted octanol–water partition coefficient (Wildman–Crippen LogP) is 2.36. The van der Waals surface area contributed by atoms with Gasteiger partial charge in [0.05, 0.1) is 11.6 Å². The van der Waals surface area contributed by atoms with Crippen molar-refractivity contribution in [2.75, 3.05) is 13.6 Å². The van der Waals surface area contributed by atoms with Crippen molar-refractivity contribution in [3.63, 3.8) is 0 Å². The summed E-state index contributed by atoms with van der Waals surface area (Å²) >= 11 is 5.58. The molecule has 0 unspecified atom stereocenters. The maximum atomic E-state index is 13.3. The van der Waals surface area contributed by atoms with Gasteiger partial charge in [-0.3, -0.25) is 0 Å². The zero-order valence-corrected chi connectivity index (χ0v) is 8.28. The summed E-state index contributed by atoms with van der Waals surface area (Å²) in [7, 11) is 1.43. The van der Waals surface area contributed by atoms with Crippen molar-refractivity contribution < 1.29 is 13.9 Å². The molecule has 2 nitrogen and oxygen atoms in total. The Hall–Kier alpha value is -0.870. The molecule has 0 radical (unpaired) electrons. The quantitative estimate of drug-likeness (QED) is 0.821. The fourth-order valence-electron chi connectivity index (χ4n) is 1.12. The van der Waals surface area contributed by atoms with E-state index in [2.05, 4.69) is 5.32 Å². The van der Waals surface area contributed by atoms with Gasteiger partial charge in [-0.1, -0.05) is 11.6 Å². The monoisotopic (exact) mass is 221 g/mol. The van der Waals surface area contributed by atoms with Gasteiger partial charge in [0.2, 0.25) is 0 Å². The number of halogens is 3. The highest BCUT2D eigenvalue weighted by molar-refractivity contribution is 6.31. The first-order valence-electron chi connectivity index (χ1n) is 3.99. The molecule has 0 aliphatic carbocycles. The molecule has 2 N–H and O–H groups in total. The lowest BCUT2D eigenvalue weighted by atomic mass is 10.1. The molecule has 0 aromatic heterocycles. The zero-order chi connectivity index (χ0) is 10.8. The first-order chi connectivity index (χ1) is 6.47. The van der Waals surface area contributed by atoms with Crippen molar-refractivity contribution >= 4 is 11.6 Å². The Morgan fingerprint density at radius 1 is 1.50 bits per heavy atom. The molecule has 0 aliphatic heterocycles. The van der Waals surface area contributed by atoms with E-state index in [9.17, 15) is 8.78 Å². The summed E-state index contributed by atoms with van der Waals surface area (Å²) in [5.74, 6) is -3.15. The van der Waals surface area contributed by atoms with Gasteiger partial charge in [0.15, 0.2) is 0 Å². The Kier molecular flexibility index (Phi) is 3.29. The minimum Gasteiger partial charge on any atom is -0.508 e. The Balaban J connectivity index is 3.06. The molecule has 5 heteroatoms. The first-order valence-corrected chi connectivity index (χ1v) is 4.36. The molecule has 14 heavy (non-hydrogen) atoms. The Labute approximate surface area is 85.5 Å².